The number of amides is 1. The van der Waals surface area contributed by atoms with Crippen molar-refractivity contribution in [1.82, 2.24) is 4.90 Å². The molecule has 2 unspecified atom stereocenters. The summed E-state index contributed by atoms with van der Waals surface area (Å²) in [5.74, 6) is -1.07. The van der Waals surface area contributed by atoms with Crippen molar-refractivity contribution >= 4 is 11.9 Å². The van der Waals surface area contributed by atoms with Crippen LogP contribution in [0.1, 0.15) is 38.7 Å². The van der Waals surface area contributed by atoms with E-state index in [1.807, 2.05) is 60.4 Å². The molecule has 1 saturated heterocycles. The number of fused-ring (bicyclic) bond motifs is 1. The molecule has 0 aromatic heterocycles. The number of carbonyl (C=O) groups is 2. The minimum Gasteiger partial charge on any atom is -0.426 e. The molecule has 4 nitrogen and oxygen atoms in total. The van der Waals surface area contributed by atoms with Crippen molar-refractivity contribution in [1.29, 1.82) is 0 Å². The van der Waals surface area contributed by atoms with E-state index in [4.69, 9.17) is 4.74 Å². The van der Waals surface area contributed by atoms with Crippen molar-refractivity contribution in [2.24, 2.45) is 17.3 Å². The summed E-state index contributed by atoms with van der Waals surface area (Å²) in [6.45, 7) is 4.69. The highest BCUT2D eigenvalue weighted by Gasteiger charge is 2.54. The largest absolute Gasteiger partial charge is 0.426 e. The summed E-state index contributed by atoms with van der Waals surface area (Å²) in [6, 6.07) is 18.9. The summed E-state index contributed by atoms with van der Waals surface area (Å²) in [6.07, 6.45) is 5.20. The number of nitrogens with zero attached hydrogens (tertiary/aromatic N) is 1. The molecular weight excluding hydrogens is 362 g/mol. The molecule has 1 aliphatic carbocycles. The number of ether oxygens (including phenoxy) is 1. The Morgan fingerprint density at radius 1 is 1.10 bits per heavy atom. The van der Waals surface area contributed by atoms with Gasteiger partial charge < -0.3 is 9.64 Å². The molecule has 0 saturated carbocycles. The number of likely N-dealkylation sites (tertiary alicyclic amines) is 1. The van der Waals surface area contributed by atoms with Crippen molar-refractivity contribution in [3.05, 3.63) is 78.0 Å². The number of para-hydroxylation sites is 1. The fourth-order valence-corrected chi connectivity index (χ4v) is 4.72. The molecule has 0 N–H and O–H groups in total. The molecule has 1 heterocycles. The highest BCUT2D eigenvalue weighted by Crippen LogP contribution is 2.52. The quantitative estimate of drug-likeness (QED) is 0.422. The van der Waals surface area contributed by atoms with E-state index in [1.165, 1.54) is 0 Å². The number of piperidine rings is 1. The molecule has 2 aliphatic rings. The second kappa shape index (κ2) is 7.86. The molecule has 2 aromatic rings. The van der Waals surface area contributed by atoms with Crippen molar-refractivity contribution < 1.29 is 14.3 Å². The lowest BCUT2D eigenvalue weighted by Gasteiger charge is -2.51. The molecule has 1 fully saturated rings. The number of rotatable bonds is 4. The lowest BCUT2D eigenvalue weighted by molar-refractivity contribution is -0.158. The maximum Gasteiger partial charge on any atom is 0.324 e. The van der Waals surface area contributed by atoms with Crippen LogP contribution >= 0.6 is 0 Å². The second-order valence-electron chi connectivity index (χ2n) is 8.31. The van der Waals surface area contributed by atoms with Crippen LogP contribution < -0.4 is 4.74 Å². The van der Waals surface area contributed by atoms with Gasteiger partial charge in [-0.15, -0.1) is 0 Å². The zero-order valence-electron chi connectivity index (χ0n) is 17.0. The lowest BCUT2D eigenvalue weighted by atomic mass is 9.61. The molecule has 29 heavy (non-hydrogen) atoms. The van der Waals surface area contributed by atoms with E-state index >= 15 is 0 Å². The second-order valence-corrected chi connectivity index (χ2v) is 8.31. The van der Waals surface area contributed by atoms with Crippen LogP contribution in [0.15, 0.2) is 72.4 Å². The van der Waals surface area contributed by atoms with E-state index in [2.05, 4.69) is 13.0 Å². The molecular formula is C25H27NO3. The van der Waals surface area contributed by atoms with Crippen LogP contribution in [0.25, 0.3) is 0 Å². The summed E-state index contributed by atoms with van der Waals surface area (Å²) in [7, 11) is 0. The van der Waals surface area contributed by atoms with E-state index in [1.54, 1.807) is 12.1 Å². The summed E-state index contributed by atoms with van der Waals surface area (Å²) < 4.78 is 5.61. The van der Waals surface area contributed by atoms with E-state index < -0.39 is 11.9 Å². The van der Waals surface area contributed by atoms with Crippen LogP contribution in [0.5, 0.6) is 5.75 Å². The van der Waals surface area contributed by atoms with E-state index in [9.17, 15) is 9.59 Å². The van der Waals surface area contributed by atoms with Gasteiger partial charge in [0.2, 0.25) is 5.91 Å². The van der Waals surface area contributed by atoms with Crippen LogP contribution in [0, 0.1) is 17.3 Å². The molecule has 4 rings (SSSR count). The Kier molecular flexibility index (Phi) is 5.27. The minimum absolute atomic E-state index is 0.121. The van der Waals surface area contributed by atoms with Crippen molar-refractivity contribution in [3.63, 3.8) is 0 Å². The van der Waals surface area contributed by atoms with Gasteiger partial charge in [-0.05, 0) is 42.9 Å². The SMILES string of the molecule is CC1C(C(=O)Oc2ccccc2)C(=O)N(Cc2ccccc2)C2=CCCC[C@]21C. The summed E-state index contributed by atoms with van der Waals surface area (Å²) >= 11 is 0. The Bertz CT molecular complexity index is 922. The summed E-state index contributed by atoms with van der Waals surface area (Å²) in [4.78, 5) is 28.5. The van der Waals surface area contributed by atoms with Crippen molar-refractivity contribution in [2.45, 2.75) is 39.7 Å². The third-order valence-corrected chi connectivity index (χ3v) is 6.55. The Balaban J connectivity index is 1.68. The van der Waals surface area contributed by atoms with Crippen molar-refractivity contribution in [2.75, 3.05) is 0 Å². The summed E-state index contributed by atoms with van der Waals surface area (Å²) in [5.41, 5.74) is 1.90. The Morgan fingerprint density at radius 2 is 1.76 bits per heavy atom. The van der Waals surface area contributed by atoms with Gasteiger partial charge in [-0.25, -0.2) is 0 Å². The minimum atomic E-state index is -0.806. The Labute approximate surface area is 172 Å². The molecule has 0 radical (unpaired) electrons. The average molecular weight is 389 g/mol. The van der Waals surface area contributed by atoms with E-state index in [0.29, 0.717) is 12.3 Å². The third kappa shape index (κ3) is 3.59. The zero-order chi connectivity index (χ0) is 20.4. The first kappa shape index (κ1) is 19.4. The molecule has 150 valence electrons. The predicted octanol–water partition coefficient (Wildman–Crippen LogP) is 4.96. The number of benzene rings is 2. The van der Waals surface area contributed by atoms with Gasteiger partial charge >= 0.3 is 5.97 Å². The normalized spacial score (nSPS) is 26.5. The highest BCUT2D eigenvalue weighted by atomic mass is 16.5. The van der Waals surface area contributed by atoms with Gasteiger partial charge in [-0.3, -0.25) is 9.59 Å². The number of hydrogen-bond donors (Lipinski definition) is 0. The average Bonchev–Trinajstić information content (AvgIpc) is 2.73. The Hall–Kier alpha value is -2.88. The van der Waals surface area contributed by atoms with Gasteiger partial charge in [0, 0.05) is 11.1 Å². The van der Waals surface area contributed by atoms with Gasteiger partial charge in [0.15, 0.2) is 0 Å². The van der Waals surface area contributed by atoms with Crippen LogP contribution in [-0.2, 0) is 16.1 Å². The third-order valence-electron chi connectivity index (χ3n) is 6.55. The topological polar surface area (TPSA) is 46.6 Å². The van der Waals surface area contributed by atoms with E-state index in [-0.39, 0.29) is 17.2 Å². The standard InChI is InChI=1S/C25H27NO3/c1-18-22(24(28)29-20-13-7-4-8-14-20)23(27)26(17-19-11-5-3-6-12-19)21-15-9-10-16-25(18,21)2/h3-8,11-15,18,22H,9-10,16-17H2,1-2H3/t18?,22?,25-/m0/s1. The first-order chi connectivity index (χ1) is 14.0. The molecule has 0 bridgehead atoms. The van der Waals surface area contributed by atoms with Crippen LogP contribution in [0.3, 0.4) is 0 Å². The van der Waals surface area contributed by atoms with Crippen LogP contribution in [0.2, 0.25) is 0 Å². The van der Waals surface area contributed by atoms with Gasteiger partial charge in [-0.2, -0.15) is 0 Å². The van der Waals surface area contributed by atoms with Gasteiger partial charge in [0.05, 0.1) is 6.54 Å². The number of esters is 1. The summed E-state index contributed by atoms with van der Waals surface area (Å²) in [5, 5.41) is 0. The smallest absolute Gasteiger partial charge is 0.324 e. The van der Waals surface area contributed by atoms with Gasteiger partial charge in [-0.1, -0.05) is 68.5 Å². The van der Waals surface area contributed by atoms with Crippen molar-refractivity contribution in [3.8, 4) is 5.75 Å². The maximum atomic E-state index is 13.6. The zero-order valence-corrected chi connectivity index (χ0v) is 17.0. The van der Waals surface area contributed by atoms with Gasteiger partial charge in [0.25, 0.3) is 0 Å². The number of hydrogen-bond acceptors (Lipinski definition) is 3. The monoisotopic (exact) mass is 389 g/mol. The first-order valence-corrected chi connectivity index (χ1v) is 10.3. The number of allylic oxidation sites excluding steroid dienone is 2. The lowest BCUT2D eigenvalue weighted by Crippen LogP contribution is -2.56. The molecule has 1 aliphatic heterocycles. The fraction of sp³-hybridized carbons (Fsp3) is 0.360. The first-order valence-electron chi connectivity index (χ1n) is 10.3. The van der Waals surface area contributed by atoms with Crippen LogP contribution in [-0.4, -0.2) is 16.8 Å². The fourth-order valence-electron chi connectivity index (χ4n) is 4.72. The van der Waals surface area contributed by atoms with Crippen LogP contribution in [0.4, 0.5) is 0 Å². The van der Waals surface area contributed by atoms with E-state index in [0.717, 1.165) is 30.5 Å². The maximum absolute atomic E-state index is 13.6. The Morgan fingerprint density at radius 3 is 2.45 bits per heavy atom. The number of carbonyl (C=O) groups excluding carboxylic acids is 2. The van der Waals surface area contributed by atoms with Gasteiger partial charge in [0.1, 0.15) is 11.7 Å². The molecule has 4 heteroatoms. The predicted molar refractivity (Wildman–Crippen MR) is 112 cm³/mol. The highest BCUT2D eigenvalue weighted by molar-refractivity contribution is 6.00. The molecule has 3 atom stereocenters. The molecule has 1 amide bonds. The molecule has 2 aromatic carbocycles. The molecule has 0 spiro atoms.